The zero-order valence-electron chi connectivity index (χ0n) is 14.1. The topological polar surface area (TPSA) is 22.0 Å². The lowest BCUT2D eigenvalue weighted by atomic mass is 9.84. The molecule has 1 saturated carbocycles. The number of aromatic nitrogens is 1. The van der Waals surface area contributed by atoms with E-state index in [-0.39, 0.29) is 11.4 Å². The van der Waals surface area contributed by atoms with Gasteiger partial charge in [-0.3, -0.25) is 4.79 Å². The van der Waals surface area contributed by atoms with Gasteiger partial charge in [0.15, 0.2) is 0 Å². The Bertz CT molecular complexity index is 804. The second-order valence-electron chi connectivity index (χ2n) is 7.33. The fourth-order valence-electron chi connectivity index (χ4n) is 4.04. The van der Waals surface area contributed by atoms with Crippen molar-refractivity contribution in [2.24, 2.45) is 5.92 Å². The van der Waals surface area contributed by atoms with E-state index in [0.717, 1.165) is 24.9 Å². The van der Waals surface area contributed by atoms with Gasteiger partial charge in [-0.25, -0.2) is 4.39 Å². The number of hydrogen-bond donors (Lipinski definition) is 0. The molecule has 1 aromatic heterocycles. The molecule has 1 heterocycles. The molecule has 24 heavy (non-hydrogen) atoms. The van der Waals surface area contributed by atoms with E-state index in [1.54, 1.807) is 12.1 Å². The van der Waals surface area contributed by atoms with Crippen molar-refractivity contribution in [1.82, 2.24) is 4.57 Å². The molecule has 3 heteroatoms. The maximum absolute atomic E-state index is 14.0. The van der Waals surface area contributed by atoms with Gasteiger partial charge in [0.2, 0.25) is 0 Å². The fourth-order valence-corrected chi connectivity index (χ4v) is 4.04. The number of hydrogen-bond acceptors (Lipinski definition) is 1. The van der Waals surface area contributed by atoms with Crippen molar-refractivity contribution < 1.29 is 4.39 Å². The third-order valence-corrected chi connectivity index (χ3v) is 5.68. The van der Waals surface area contributed by atoms with E-state index in [0.29, 0.717) is 17.9 Å². The Morgan fingerprint density at radius 2 is 1.83 bits per heavy atom. The van der Waals surface area contributed by atoms with Crippen LogP contribution in [-0.2, 0) is 25.8 Å². The molecule has 1 fully saturated rings. The molecule has 126 valence electrons. The van der Waals surface area contributed by atoms with Crippen molar-refractivity contribution in [3.63, 3.8) is 0 Å². The predicted octanol–water partition coefficient (Wildman–Crippen LogP) is 4.26. The van der Waals surface area contributed by atoms with Gasteiger partial charge in [-0.15, -0.1) is 0 Å². The molecule has 0 bridgehead atoms. The van der Waals surface area contributed by atoms with Crippen LogP contribution in [0.5, 0.6) is 0 Å². The Labute approximate surface area is 142 Å². The van der Waals surface area contributed by atoms with Gasteiger partial charge in [-0.2, -0.15) is 0 Å². The van der Waals surface area contributed by atoms with Gasteiger partial charge >= 0.3 is 0 Å². The van der Waals surface area contributed by atoms with Gasteiger partial charge in [0.05, 0.1) is 0 Å². The van der Waals surface area contributed by atoms with Crippen LogP contribution >= 0.6 is 0 Å². The highest BCUT2D eigenvalue weighted by Crippen LogP contribution is 2.29. The maximum atomic E-state index is 14.0. The molecule has 0 aliphatic heterocycles. The number of fused-ring (bicyclic) bond motifs is 1. The van der Waals surface area contributed by atoms with Crippen LogP contribution in [0.2, 0.25) is 0 Å². The molecule has 0 saturated heterocycles. The summed E-state index contributed by atoms with van der Waals surface area (Å²) in [5.74, 6) is 0.428. The van der Waals surface area contributed by atoms with Crippen molar-refractivity contribution >= 4 is 0 Å². The summed E-state index contributed by atoms with van der Waals surface area (Å²) in [6.45, 7) is 0.853. The van der Waals surface area contributed by atoms with Gasteiger partial charge in [-0.05, 0) is 67.7 Å². The zero-order valence-corrected chi connectivity index (χ0v) is 14.1. The lowest BCUT2D eigenvalue weighted by molar-refractivity contribution is 0.269. The highest BCUT2D eigenvalue weighted by Gasteiger charge is 2.23. The highest BCUT2D eigenvalue weighted by molar-refractivity contribution is 5.33. The van der Waals surface area contributed by atoms with Crippen LogP contribution in [0.3, 0.4) is 0 Å². The van der Waals surface area contributed by atoms with Gasteiger partial charge in [0, 0.05) is 24.2 Å². The van der Waals surface area contributed by atoms with E-state index in [2.05, 4.69) is 6.07 Å². The minimum atomic E-state index is -0.222. The molecular formula is C21H24FNO. The molecule has 1 aromatic carbocycles. The first kappa shape index (κ1) is 15.6. The monoisotopic (exact) mass is 325 g/mol. The average Bonchev–Trinajstić information content (AvgIpc) is 2.55. The quantitative estimate of drug-likeness (QED) is 0.823. The van der Waals surface area contributed by atoms with Gasteiger partial charge < -0.3 is 4.57 Å². The first-order valence-electron chi connectivity index (χ1n) is 9.20. The molecule has 0 N–H and O–H groups in total. The molecule has 2 aromatic rings. The minimum Gasteiger partial charge on any atom is -0.312 e. The molecule has 4 rings (SSSR count). The minimum absolute atomic E-state index is 0.103. The second kappa shape index (κ2) is 6.54. The van der Waals surface area contributed by atoms with Crippen molar-refractivity contribution in [1.29, 1.82) is 0 Å². The molecular weight excluding hydrogens is 301 g/mol. The summed E-state index contributed by atoms with van der Waals surface area (Å²) in [4.78, 5) is 13.1. The van der Waals surface area contributed by atoms with Gasteiger partial charge in [0.1, 0.15) is 5.82 Å². The maximum Gasteiger partial charge on any atom is 0.254 e. The third-order valence-electron chi connectivity index (χ3n) is 5.68. The Morgan fingerprint density at radius 1 is 1.04 bits per heavy atom. The summed E-state index contributed by atoms with van der Waals surface area (Å²) in [5, 5.41) is 0. The van der Waals surface area contributed by atoms with Crippen LogP contribution in [-0.4, -0.2) is 4.57 Å². The van der Waals surface area contributed by atoms with Crippen LogP contribution in [0.4, 0.5) is 4.39 Å². The van der Waals surface area contributed by atoms with Crippen LogP contribution < -0.4 is 5.56 Å². The normalized spacial score (nSPS) is 17.4. The summed E-state index contributed by atoms with van der Waals surface area (Å²) in [6.07, 6.45) is 8.57. The van der Waals surface area contributed by atoms with E-state index in [9.17, 15) is 9.18 Å². The SMILES string of the molecule is O=c1c(Cc2ccccc2F)cc2c(n1CC1CCC1)CCCC2. The Balaban J connectivity index is 1.75. The van der Waals surface area contributed by atoms with Crippen molar-refractivity contribution in [2.45, 2.75) is 57.9 Å². The smallest absolute Gasteiger partial charge is 0.254 e. The highest BCUT2D eigenvalue weighted by atomic mass is 19.1. The largest absolute Gasteiger partial charge is 0.312 e. The van der Waals surface area contributed by atoms with E-state index >= 15 is 0 Å². The first-order chi connectivity index (χ1) is 11.7. The summed E-state index contributed by atoms with van der Waals surface area (Å²) < 4.78 is 16.0. The second-order valence-corrected chi connectivity index (χ2v) is 7.33. The molecule has 2 aliphatic rings. The van der Waals surface area contributed by atoms with Crippen molar-refractivity contribution in [3.8, 4) is 0 Å². The number of pyridine rings is 1. The average molecular weight is 325 g/mol. The van der Waals surface area contributed by atoms with Crippen LogP contribution in [0, 0.1) is 11.7 Å². The van der Waals surface area contributed by atoms with E-state index in [1.165, 1.54) is 49.4 Å². The van der Waals surface area contributed by atoms with E-state index in [4.69, 9.17) is 0 Å². The van der Waals surface area contributed by atoms with Crippen molar-refractivity contribution in [3.05, 3.63) is 68.9 Å². The van der Waals surface area contributed by atoms with E-state index < -0.39 is 0 Å². The number of rotatable bonds is 4. The molecule has 2 aliphatic carbocycles. The van der Waals surface area contributed by atoms with Gasteiger partial charge in [0.25, 0.3) is 5.56 Å². The lowest BCUT2D eigenvalue weighted by Gasteiger charge is -2.30. The third kappa shape index (κ3) is 2.92. The molecule has 2 nitrogen and oxygen atoms in total. The van der Waals surface area contributed by atoms with Crippen molar-refractivity contribution in [2.75, 3.05) is 0 Å². The summed E-state index contributed by atoms with van der Waals surface area (Å²) in [5.41, 5.74) is 4.02. The Hall–Kier alpha value is -1.90. The molecule has 0 radical (unpaired) electrons. The van der Waals surface area contributed by atoms with Crippen LogP contribution in [0.25, 0.3) is 0 Å². The molecule has 0 spiro atoms. The predicted molar refractivity (Wildman–Crippen MR) is 93.9 cm³/mol. The number of benzene rings is 1. The molecule has 0 amide bonds. The fraction of sp³-hybridized carbons (Fsp3) is 0.476. The Kier molecular flexibility index (Phi) is 4.26. The van der Waals surface area contributed by atoms with Crippen LogP contribution in [0.15, 0.2) is 35.1 Å². The van der Waals surface area contributed by atoms with Crippen LogP contribution in [0.1, 0.15) is 54.5 Å². The number of aryl methyl sites for hydroxylation is 1. The number of nitrogens with zero attached hydrogens (tertiary/aromatic N) is 1. The van der Waals surface area contributed by atoms with E-state index in [1.807, 2.05) is 10.6 Å². The standard InChI is InChI=1S/C21H24FNO/c22-19-10-3-1-8-16(19)12-18-13-17-9-2-4-11-20(17)23(21(18)24)14-15-6-5-7-15/h1,3,8,10,13,15H,2,4-7,9,11-12,14H2. The molecule has 0 atom stereocenters. The summed E-state index contributed by atoms with van der Waals surface area (Å²) >= 11 is 0. The summed E-state index contributed by atoms with van der Waals surface area (Å²) in [7, 11) is 0. The Morgan fingerprint density at radius 3 is 2.58 bits per heavy atom. The summed E-state index contributed by atoms with van der Waals surface area (Å²) in [6, 6.07) is 8.84. The first-order valence-corrected chi connectivity index (χ1v) is 9.20. The molecule has 0 unspecified atom stereocenters. The lowest BCUT2D eigenvalue weighted by Crippen LogP contribution is -2.33. The van der Waals surface area contributed by atoms with Gasteiger partial charge in [-0.1, -0.05) is 24.6 Å². The number of halogens is 1. The zero-order chi connectivity index (χ0) is 16.5.